The first-order valence-electron chi connectivity index (χ1n) is 4.03. The predicted octanol–water partition coefficient (Wildman–Crippen LogP) is 1.32. The molecule has 0 radical (unpaired) electrons. The molecule has 2 aliphatic rings. The summed E-state index contributed by atoms with van der Waals surface area (Å²) in [6, 6.07) is 0. The predicted molar refractivity (Wildman–Crippen MR) is 42.5 cm³/mol. The molecular weight excluding hydrogens is 156 g/mol. The highest BCUT2D eigenvalue weighted by Gasteiger charge is 2.30. The largest absolute Gasteiger partial charge is 0.496 e. The Kier molecular flexibility index (Phi) is 1.64. The molecule has 64 valence electrons. The molecule has 1 N–H and O–H groups in total. The number of hydrogen-bond acceptors (Lipinski definition) is 2. The topological polar surface area (TPSA) is 46.5 Å². The van der Waals surface area contributed by atoms with Gasteiger partial charge in [-0.05, 0) is 18.4 Å². The van der Waals surface area contributed by atoms with Crippen molar-refractivity contribution in [2.24, 2.45) is 5.92 Å². The maximum absolute atomic E-state index is 10.7. The number of hydrogen-bond donors (Lipinski definition) is 1. The third kappa shape index (κ3) is 1.02. The highest BCUT2D eigenvalue weighted by Crippen LogP contribution is 2.34. The zero-order valence-electron chi connectivity index (χ0n) is 6.62. The van der Waals surface area contributed by atoms with E-state index in [1.807, 2.05) is 0 Å². The van der Waals surface area contributed by atoms with Crippen LogP contribution in [0.2, 0.25) is 0 Å². The number of allylic oxidation sites excluding steroid dienone is 1. The molecule has 0 aromatic rings. The van der Waals surface area contributed by atoms with Crippen molar-refractivity contribution in [3.05, 3.63) is 23.5 Å². The summed E-state index contributed by atoms with van der Waals surface area (Å²) >= 11 is 0. The first-order valence-corrected chi connectivity index (χ1v) is 4.03. The Morgan fingerprint density at radius 2 is 2.50 bits per heavy atom. The molecule has 2 rings (SSSR count). The van der Waals surface area contributed by atoms with E-state index < -0.39 is 5.97 Å². The minimum Gasteiger partial charge on any atom is -0.496 e. The van der Waals surface area contributed by atoms with Gasteiger partial charge in [0.2, 0.25) is 0 Å². The van der Waals surface area contributed by atoms with Gasteiger partial charge in [0.1, 0.15) is 6.61 Å². The molecule has 12 heavy (non-hydrogen) atoms. The Morgan fingerprint density at radius 1 is 1.67 bits per heavy atom. The molecule has 1 heterocycles. The van der Waals surface area contributed by atoms with Crippen molar-refractivity contribution in [3.8, 4) is 0 Å². The van der Waals surface area contributed by atoms with Gasteiger partial charge in [-0.15, -0.1) is 0 Å². The molecule has 0 bridgehead atoms. The molecule has 0 amide bonds. The van der Waals surface area contributed by atoms with Crippen LogP contribution >= 0.6 is 0 Å². The van der Waals surface area contributed by atoms with Crippen molar-refractivity contribution in [1.82, 2.24) is 0 Å². The van der Waals surface area contributed by atoms with Gasteiger partial charge in [-0.1, -0.05) is 6.08 Å². The molecule has 1 aliphatic carbocycles. The quantitative estimate of drug-likeness (QED) is 0.597. The van der Waals surface area contributed by atoms with E-state index in [9.17, 15) is 4.79 Å². The lowest BCUT2D eigenvalue weighted by atomic mass is 9.92. The fourth-order valence-electron chi connectivity index (χ4n) is 1.79. The maximum Gasteiger partial charge on any atom is 0.335 e. The number of carboxylic acids is 1. The van der Waals surface area contributed by atoms with Gasteiger partial charge in [-0.2, -0.15) is 0 Å². The van der Waals surface area contributed by atoms with E-state index in [4.69, 9.17) is 9.84 Å². The number of carbonyl (C=O) groups is 1. The van der Waals surface area contributed by atoms with Crippen molar-refractivity contribution >= 4 is 5.97 Å². The van der Waals surface area contributed by atoms with Gasteiger partial charge in [0.25, 0.3) is 0 Å². The fraction of sp³-hybridized carbons (Fsp3) is 0.444. The van der Waals surface area contributed by atoms with E-state index in [0.29, 0.717) is 12.2 Å². The minimum atomic E-state index is -0.854. The summed E-state index contributed by atoms with van der Waals surface area (Å²) in [7, 11) is 0. The van der Waals surface area contributed by atoms with Crippen LogP contribution in [0.15, 0.2) is 23.5 Å². The van der Waals surface area contributed by atoms with Crippen LogP contribution in [0.1, 0.15) is 12.8 Å². The smallest absolute Gasteiger partial charge is 0.335 e. The molecule has 1 aliphatic heterocycles. The van der Waals surface area contributed by atoms with Crippen LogP contribution in [0.25, 0.3) is 0 Å². The third-order valence-corrected chi connectivity index (χ3v) is 2.39. The lowest BCUT2D eigenvalue weighted by Crippen LogP contribution is -2.19. The number of rotatable bonds is 1. The van der Waals surface area contributed by atoms with Crippen LogP contribution in [0, 0.1) is 5.92 Å². The van der Waals surface area contributed by atoms with Gasteiger partial charge in [-0.3, -0.25) is 0 Å². The van der Waals surface area contributed by atoms with E-state index in [-0.39, 0.29) is 5.92 Å². The van der Waals surface area contributed by atoms with E-state index in [2.05, 4.69) is 6.08 Å². The second kappa shape index (κ2) is 2.66. The van der Waals surface area contributed by atoms with Gasteiger partial charge in [0.15, 0.2) is 0 Å². The van der Waals surface area contributed by atoms with E-state index in [1.165, 1.54) is 6.26 Å². The maximum atomic E-state index is 10.7. The van der Waals surface area contributed by atoms with Gasteiger partial charge >= 0.3 is 5.97 Å². The van der Waals surface area contributed by atoms with Gasteiger partial charge in [-0.25, -0.2) is 4.79 Å². The summed E-state index contributed by atoms with van der Waals surface area (Å²) in [5.41, 5.74) is 1.54. The molecule has 0 saturated heterocycles. The number of carboxylic acid groups (broad SMARTS) is 1. The van der Waals surface area contributed by atoms with Crippen LogP contribution in [0.3, 0.4) is 0 Å². The van der Waals surface area contributed by atoms with Crippen LogP contribution in [-0.4, -0.2) is 17.7 Å². The summed E-state index contributed by atoms with van der Waals surface area (Å²) in [6.07, 6.45) is 5.38. The zero-order valence-corrected chi connectivity index (χ0v) is 6.62. The van der Waals surface area contributed by atoms with Crippen molar-refractivity contribution in [1.29, 1.82) is 0 Å². The van der Waals surface area contributed by atoms with E-state index >= 15 is 0 Å². The third-order valence-electron chi connectivity index (χ3n) is 2.39. The zero-order chi connectivity index (χ0) is 8.55. The minimum absolute atomic E-state index is 0.122. The van der Waals surface area contributed by atoms with Crippen molar-refractivity contribution in [3.63, 3.8) is 0 Å². The molecule has 0 saturated carbocycles. The second-order valence-electron chi connectivity index (χ2n) is 3.10. The Balaban J connectivity index is 2.29. The molecule has 1 atom stereocenters. The normalized spacial score (nSPS) is 26.8. The lowest BCUT2D eigenvalue weighted by Gasteiger charge is -2.20. The molecule has 0 spiro atoms. The standard InChI is InChI=1S/C9H10O3/c10-9(11)8-5-12-4-6-2-1-3-7(6)8/h2,5,7H,1,3-4H2,(H,10,11). The fourth-order valence-corrected chi connectivity index (χ4v) is 1.79. The molecule has 0 aromatic heterocycles. The highest BCUT2D eigenvalue weighted by atomic mass is 16.5. The van der Waals surface area contributed by atoms with E-state index in [0.717, 1.165) is 18.4 Å². The number of ether oxygens (including phenoxy) is 1. The summed E-state index contributed by atoms with van der Waals surface area (Å²) in [5.74, 6) is -0.733. The van der Waals surface area contributed by atoms with Gasteiger partial charge < -0.3 is 9.84 Å². The van der Waals surface area contributed by atoms with Gasteiger partial charge in [0, 0.05) is 5.92 Å². The van der Waals surface area contributed by atoms with Gasteiger partial charge in [0.05, 0.1) is 11.8 Å². The molecular formula is C9H10O3. The highest BCUT2D eigenvalue weighted by molar-refractivity contribution is 5.88. The van der Waals surface area contributed by atoms with Crippen molar-refractivity contribution < 1.29 is 14.6 Å². The second-order valence-corrected chi connectivity index (χ2v) is 3.10. The SMILES string of the molecule is O=C(O)C1=COCC2=CCCC21. The summed E-state index contributed by atoms with van der Waals surface area (Å²) in [4.78, 5) is 10.7. The Morgan fingerprint density at radius 3 is 3.25 bits per heavy atom. The number of aliphatic carboxylic acids is 1. The van der Waals surface area contributed by atoms with Crippen LogP contribution in [-0.2, 0) is 9.53 Å². The average molecular weight is 166 g/mol. The molecule has 0 fully saturated rings. The van der Waals surface area contributed by atoms with Crippen molar-refractivity contribution in [2.75, 3.05) is 6.61 Å². The Hall–Kier alpha value is -1.25. The first-order chi connectivity index (χ1) is 5.79. The van der Waals surface area contributed by atoms with Crippen LogP contribution in [0.5, 0.6) is 0 Å². The van der Waals surface area contributed by atoms with E-state index in [1.54, 1.807) is 0 Å². The summed E-state index contributed by atoms with van der Waals surface area (Å²) in [5, 5.41) is 8.81. The average Bonchev–Trinajstić information content (AvgIpc) is 2.49. The monoisotopic (exact) mass is 166 g/mol. The first kappa shape index (κ1) is 7.40. The van der Waals surface area contributed by atoms with Crippen LogP contribution in [0.4, 0.5) is 0 Å². The lowest BCUT2D eigenvalue weighted by molar-refractivity contribution is -0.133. The molecule has 1 unspecified atom stereocenters. The van der Waals surface area contributed by atoms with Crippen LogP contribution < -0.4 is 0 Å². The Bertz CT molecular complexity index is 275. The molecule has 3 heteroatoms. The molecule has 0 aromatic carbocycles. The van der Waals surface area contributed by atoms with Crippen molar-refractivity contribution in [2.45, 2.75) is 12.8 Å². The molecule has 3 nitrogen and oxygen atoms in total. The summed E-state index contributed by atoms with van der Waals surface area (Å²) < 4.78 is 5.05. The number of fused-ring (bicyclic) bond motifs is 1. The summed E-state index contributed by atoms with van der Waals surface area (Å²) in [6.45, 7) is 0.571. The Labute approximate surface area is 70.3 Å².